The Morgan fingerprint density at radius 1 is 1.47 bits per heavy atom. The molecule has 19 heavy (non-hydrogen) atoms. The fourth-order valence-electron chi connectivity index (χ4n) is 2.29. The highest BCUT2D eigenvalue weighted by Gasteiger charge is 2.30. The van der Waals surface area contributed by atoms with Crippen molar-refractivity contribution in [2.75, 3.05) is 6.54 Å². The van der Waals surface area contributed by atoms with E-state index in [0.717, 1.165) is 19.3 Å². The van der Waals surface area contributed by atoms with Crippen LogP contribution in [0, 0.1) is 16.0 Å². The molecule has 2 atom stereocenters. The molecule has 3 N–H and O–H groups in total. The van der Waals surface area contributed by atoms with E-state index in [1.54, 1.807) is 0 Å². The average Bonchev–Trinajstić information content (AvgIpc) is 2.27. The van der Waals surface area contributed by atoms with E-state index < -0.39 is 16.7 Å². The molecule has 0 heterocycles. The minimum atomic E-state index is -0.760. The Kier molecular flexibility index (Phi) is 5.53. The van der Waals surface area contributed by atoms with Crippen LogP contribution in [0.4, 0.5) is 0 Å². The quantitative estimate of drug-likeness (QED) is 0.554. The second-order valence-corrected chi connectivity index (χ2v) is 5.88. The molecule has 0 aromatic heterocycles. The van der Waals surface area contributed by atoms with Crippen molar-refractivity contribution in [3.63, 3.8) is 0 Å². The van der Waals surface area contributed by atoms with Gasteiger partial charge in [0.2, 0.25) is 5.91 Å². The van der Waals surface area contributed by atoms with Crippen LogP contribution in [-0.2, 0) is 9.63 Å². The molecule has 0 aromatic carbocycles. The number of rotatable bonds is 6. The molecule has 1 aliphatic carbocycles. The summed E-state index contributed by atoms with van der Waals surface area (Å²) in [6.45, 7) is 4.04. The summed E-state index contributed by atoms with van der Waals surface area (Å²) in [6, 6.07) is 0. The van der Waals surface area contributed by atoms with Crippen LogP contribution >= 0.6 is 0 Å². The third kappa shape index (κ3) is 6.37. The fourth-order valence-corrected chi connectivity index (χ4v) is 2.29. The molecule has 7 nitrogen and oxygen atoms in total. The molecule has 110 valence electrons. The lowest BCUT2D eigenvalue weighted by Crippen LogP contribution is -2.46. The fraction of sp³-hybridized carbons (Fsp3) is 0.917. The van der Waals surface area contributed by atoms with Crippen LogP contribution < -0.4 is 11.1 Å². The number of hydrogen-bond donors (Lipinski definition) is 2. The van der Waals surface area contributed by atoms with Gasteiger partial charge in [0, 0.05) is 18.5 Å². The first-order valence-corrected chi connectivity index (χ1v) is 6.64. The van der Waals surface area contributed by atoms with Gasteiger partial charge in [-0.15, -0.1) is 10.1 Å². The van der Waals surface area contributed by atoms with Gasteiger partial charge in [-0.05, 0) is 32.6 Å². The van der Waals surface area contributed by atoms with Crippen LogP contribution in [0.3, 0.4) is 0 Å². The van der Waals surface area contributed by atoms with Crippen molar-refractivity contribution < 1.29 is 14.7 Å². The van der Waals surface area contributed by atoms with Crippen molar-refractivity contribution in [2.45, 2.75) is 57.6 Å². The smallest absolute Gasteiger partial charge is 0.294 e. The van der Waals surface area contributed by atoms with Gasteiger partial charge in [-0.3, -0.25) is 4.79 Å². The van der Waals surface area contributed by atoms with Gasteiger partial charge >= 0.3 is 0 Å². The highest BCUT2D eigenvalue weighted by molar-refractivity contribution is 5.76. The molecule has 1 rings (SSSR count). The first kappa shape index (κ1) is 15.7. The Bertz CT molecular complexity index is 327. The van der Waals surface area contributed by atoms with Crippen molar-refractivity contribution in [1.82, 2.24) is 5.32 Å². The van der Waals surface area contributed by atoms with Crippen molar-refractivity contribution in [2.24, 2.45) is 11.7 Å². The molecule has 0 aromatic rings. The molecular formula is C12H23N3O4. The number of nitrogens with zero attached hydrogens (tertiary/aromatic N) is 1. The van der Waals surface area contributed by atoms with Gasteiger partial charge in [-0.1, -0.05) is 12.8 Å². The van der Waals surface area contributed by atoms with Gasteiger partial charge in [0.1, 0.15) is 6.10 Å². The van der Waals surface area contributed by atoms with Crippen LogP contribution in [0.15, 0.2) is 0 Å². The van der Waals surface area contributed by atoms with Crippen LogP contribution in [0.2, 0.25) is 0 Å². The predicted octanol–water partition coefficient (Wildman–Crippen LogP) is 0.997. The summed E-state index contributed by atoms with van der Waals surface area (Å²) in [5.74, 6) is -0.206. The van der Waals surface area contributed by atoms with E-state index in [9.17, 15) is 14.9 Å². The highest BCUT2D eigenvalue weighted by Crippen LogP contribution is 2.29. The first-order chi connectivity index (χ1) is 8.78. The number of carbonyl (C=O) groups is 1. The lowest BCUT2D eigenvalue weighted by molar-refractivity contribution is -0.771. The van der Waals surface area contributed by atoms with Gasteiger partial charge in [0.05, 0.1) is 0 Å². The standard InChI is InChI=1S/C12H23N3O4/c1-12(2,13)8-14-11(16)7-9-5-3-4-6-10(9)19-15(17)18/h9-10H,3-8,13H2,1-2H3,(H,14,16). The molecule has 1 fully saturated rings. The summed E-state index contributed by atoms with van der Waals surface area (Å²) < 4.78 is 0. The average molecular weight is 273 g/mol. The molecular weight excluding hydrogens is 250 g/mol. The van der Waals surface area contributed by atoms with E-state index in [0.29, 0.717) is 13.0 Å². The van der Waals surface area contributed by atoms with Gasteiger partial charge < -0.3 is 15.9 Å². The zero-order valence-corrected chi connectivity index (χ0v) is 11.6. The van der Waals surface area contributed by atoms with Crippen LogP contribution in [-0.4, -0.2) is 29.2 Å². The molecule has 7 heteroatoms. The molecule has 0 bridgehead atoms. The number of nitrogens with one attached hydrogen (secondary N) is 1. The Balaban J connectivity index is 2.43. The molecule has 0 saturated heterocycles. The Morgan fingerprint density at radius 2 is 2.11 bits per heavy atom. The maximum Gasteiger partial charge on any atom is 0.294 e. The summed E-state index contributed by atoms with van der Waals surface area (Å²) in [7, 11) is 0. The topological polar surface area (TPSA) is 107 Å². The van der Waals surface area contributed by atoms with E-state index in [-0.39, 0.29) is 18.2 Å². The minimum absolute atomic E-state index is 0.0833. The van der Waals surface area contributed by atoms with Gasteiger partial charge in [-0.2, -0.15) is 0 Å². The lowest BCUT2D eigenvalue weighted by atomic mass is 9.84. The number of hydrogen-bond acceptors (Lipinski definition) is 5. The predicted molar refractivity (Wildman–Crippen MR) is 69.7 cm³/mol. The van der Waals surface area contributed by atoms with E-state index in [1.165, 1.54) is 0 Å². The van der Waals surface area contributed by atoms with Crippen molar-refractivity contribution in [1.29, 1.82) is 0 Å². The molecule has 0 spiro atoms. The molecule has 2 unspecified atom stereocenters. The first-order valence-electron chi connectivity index (χ1n) is 6.64. The van der Waals surface area contributed by atoms with Crippen molar-refractivity contribution >= 4 is 5.91 Å². The van der Waals surface area contributed by atoms with Crippen molar-refractivity contribution in [3.8, 4) is 0 Å². The molecule has 1 aliphatic rings. The van der Waals surface area contributed by atoms with Crippen LogP contribution in [0.5, 0.6) is 0 Å². The zero-order valence-electron chi connectivity index (χ0n) is 11.6. The Labute approximate surface area is 113 Å². The highest BCUT2D eigenvalue weighted by atomic mass is 17.0. The summed E-state index contributed by atoms with van der Waals surface area (Å²) in [4.78, 5) is 26.9. The van der Waals surface area contributed by atoms with Gasteiger partial charge in [0.15, 0.2) is 0 Å². The minimum Gasteiger partial charge on any atom is -0.354 e. The third-order valence-electron chi connectivity index (χ3n) is 3.25. The number of nitrogens with two attached hydrogens (primary N) is 1. The summed E-state index contributed by atoms with van der Waals surface area (Å²) in [6.07, 6.45) is 3.12. The molecule has 1 saturated carbocycles. The molecule has 1 amide bonds. The SMILES string of the molecule is CC(C)(N)CNC(=O)CC1CCCCC1O[N+](=O)[O-]. The number of carbonyl (C=O) groups excluding carboxylic acids is 1. The monoisotopic (exact) mass is 273 g/mol. The van der Waals surface area contributed by atoms with Gasteiger partial charge in [0.25, 0.3) is 5.09 Å². The largest absolute Gasteiger partial charge is 0.354 e. The van der Waals surface area contributed by atoms with Gasteiger partial charge in [-0.25, -0.2) is 0 Å². The van der Waals surface area contributed by atoms with E-state index in [1.807, 2.05) is 13.8 Å². The normalized spacial score (nSPS) is 23.7. The maximum atomic E-state index is 11.8. The van der Waals surface area contributed by atoms with E-state index in [4.69, 9.17) is 5.73 Å². The third-order valence-corrected chi connectivity index (χ3v) is 3.25. The Hall–Kier alpha value is -1.37. The summed E-state index contributed by atoms with van der Waals surface area (Å²) >= 11 is 0. The van der Waals surface area contributed by atoms with E-state index in [2.05, 4.69) is 10.2 Å². The second-order valence-electron chi connectivity index (χ2n) is 5.88. The van der Waals surface area contributed by atoms with Crippen LogP contribution in [0.25, 0.3) is 0 Å². The number of amides is 1. The van der Waals surface area contributed by atoms with E-state index >= 15 is 0 Å². The lowest BCUT2D eigenvalue weighted by Gasteiger charge is -2.29. The summed E-state index contributed by atoms with van der Waals surface area (Å²) in [5.41, 5.74) is 5.32. The van der Waals surface area contributed by atoms with Crippen molar-refractivity contribution in [3.05, 3.63) is 10.1 Å². The maximum absolute atomic E-state index is 11.8. The van der Waals surface area contributed by atoms with Crippen LogP contribution in [0.1, 0.15) is 46.0 Å². The summed E-state index contributed by atoms with van der Waals surface area (Å²) in [5, 5.41) is 12.4. The molecule has 0 aliphatic heterocycles. The zero-order chi connectivity index (χ0) is 14.5. The Morgan fingerprint density at radius 3 is 2.68 bits per heavy atom. The second kappa shape index (κ2) is 6.70. The molecule has 0 radical (unpaired) electrons.